The molecule has 0 atom stereocenters. The molecule has 1 heterocycles. The highest BCUT2D eigenvalue weighted by atomic mass is 35.5. The molecule has 0 radical (unpaired) electrons. The van der Waals surface area contributed by atoms with E-state index in [1.54, 1.807) is 12.1 Å². The highest BCUT2D eigenvalue weighted by Crippen LogP contribution is 2.05. The zero-order chi connectivity index (χ0) is 13.3. The van der Waals surface area contributed by atoms with E-state index in [-0.39, 0.29) is 6.54 Å². The van der Waals surface area contributed by atoms with Gasteiger partial charge in [0.1, 0.15) is 0 Å². The molecule has 0 fully saturated rings. The Labute approximate surface area is 107 Å². The maximum absolute atomic E-state index is 13.3. The molecule has 0 saturated heterocycles. The van der Waals surface area contributed by atoms with Gasteiger partial charge in [0.2, 0.25) is 5.82 Å². The number of benzene rings is 1. The van der Waals surface area contributed by atoms with Crippen molar-refractivity contribution in [1.29, 1.82) is 0 Å². The Hall–Kier alpha value is -1.88. The molecular weight excluding hydrogens is 259 g/mol. The van der Waals surface area contributed by atoms with Crippen molar-refractivity contribution in [1.82, 2.24) is 9.55 Å². The molecule has 4 nitrogen and oxygen atoms in total. The standard InChI is InChI=1S/C12H10ClFN2O2/c1-7-2-4-8(5-3-7)6-16-11(17)9(14)10(13)15-12(16)18/h2-5H,6H2,1H3,(H,15,18). The van der Waals surface area contributed by atoms with Crippen molar-refractivity contribution in [3.63, 3.8) is 0 Å². The minimum atomic E-state index is -1.15. The summed E-state index contributed by atoms with van der Waals surface area (Å²) in [5.41, 5.74) is 0.0357. The number of hydrogen-bond acceptors (Lipinski definition) is 2. The molecule has 0 spiro atoms. The Morgan fingerprint density at radius 3 is 2.50 bits per heavy atom. The smallest absolute Gasteiger partial charge is 0.295 e. The Morgan fingerprint density at radius 1 is 1.28 bits per heavy atom. The van der Waals surface area contributed by atoms with E-state index in [1.807, 2.05) is 19.1 Å². The van der Waals surface area contributed by atoms with E-state index in [0.29, 0.717) is 0 Å². The molecule has 2 rings (SSSR count). The maximum Gasteiger partial charge on any atom is 0.329 e. The Bertz CT molecular complexity index is 689. The summed E-state index contributed by atoms with van der Waals surface area (Å²) in [5.74, 6) is -1.15. The van der Waals surface area contributed by atoms with Gasteiger partial charge < -0.3 is 0 Å². The van der Waals surface area contributed by atoms with Crippen LogP contribution in [0.5, 0.6) is 0 Å². The molecule has 0 aliphatic carbocycles. The van der Waals surface area contributed by atoms with Crippen molar-refractivity contribution >= 4 is 11.6 Å². The summed E-state index contributed by atoms with van der Waals surface area (Å²) < 4.78 is 14.1. The van der Waals surface area contributed by atoms with Crippen LogP contribution in [0.4, 0.5) is 4.39 Å². The summed E-state index contributed by atoms with van der Waals surface area (Å²) >= 11 is 5.37. The second kappa shape index (κ2) is 4.78. The van der Waals surface area contributed by atoms with Crippen molar-refractivity contribution in [3.8, 4) is 0 Å². The minimum Gasteiger partial charge on any atom is -0.295 e. The zero-order valence-electron chi connectivity index (χ0n) is 9.54. The van der Waals surface area contributed by atoms with Gasteiger partial charge in [0.15, 0.2) is 5.15 Å². The van der Waals surface area contributed by atoms with Crippen molar-refractivity contribution < 1.29 is 4.39 Å². The number of aryl methyl sites for hydroxylation is 1. The van der Waals surface area contributed by atoms with E-state index in [4.69, 9.17) is 11.6 Å². The van der Waals surface area contributed by atoms with Gasteiger partial charge in [-0.1, -0.05) is 41.4 Å². The molecule has 2 aromatic rings. The van der Waals surface area contributed by atoms with E-state index in [0.717, 1.165) is 15.7 Å². The monoisotopic (exact) mass is 268 g/mol. The first-order valence-corrected chi connectivity index (χ1v) is 5.60. The molecule has 1 N–H and O–H groups in total. The van der Waals surface area contributed by atoms with Gasteiger partial charge in [0.05, 0.1) is 6.54 Å². The molecular formula is C12H10ClFN2O2. The second-order valence-electron chi connectivity index (χ2n) is 3.94. The highest BCUT2D eigenvalue weighted by Gasteiger charge is 2.12. The zero-order valence-corrected chi connectivity index (χ0v) is 10.3. The molecule has 0 amide bonds. The molecule has 18 heavy (non-hydrogen) atoms. The molecule has 0 aliphatic rings. The second-order valence-corrected chi connectivity index (χ2v) is 4.31. The first-order chi connectivity index (χ1) is 8.49. The topological polar surface area (TPSA) is 54.9 Å². The Kier molecular flexibility index (Phi) is 3.34. The van der Waals surface area contributed by atoms with Gasteiger partial charge in [-0.3, -0.25) is 14.3 Å². The van der Waals surface area contributed by atoms with Crippen molar-refractivity contribution in [2.75, 3.05) is 0 Å². The fraction of sp³-hybridized carbons (Fsp3) is 0.167. The average Bonchev–Trinajstić information content (AvgIpc) is 2.34. The van der Waals surface area contributed by atoms with Gasteiger partial charge in [-0.2, -0.15) is 4.39 Å². The lowest BCUT2D eigenvalue weighted by Crippen LogP contribution is -2.37. The summed E-state index contributed by atoms with van der Waals surface area (Å²) in [6.45, 7) is 1.92. The molecule has 0 unspecified atom stereocenters. The van der Waals surface area contributed by atoms with E-state index in [1.165, 1.54) is 0 Å². The number of aromatic nitrogens is 2. The van der Waals surface area contributed by atoms with Crippen LogP contribution in [0.25, 0.3) is 0 Å². The SMILES string of the molecule is Cc1ccc(Cn2c(=O)[nH]c(Cl)c(F)c2=O)cc1. The third kappa shape index (κ3) is 2.36. The molecule has 94 valence electrons. The predicted molar refractivity (Wildman–Crippen MR) is 66.6 cm³/mol. The van der Waals surface area contributed by atoms with Crippen LogP contribution in [0, 0.1) is 12.7 Å². The third-order valence-electron chi connectivity index (χ3n) is 2.55. The number of nitrogens with one attached hydrogen (secondary N) is 1. The van der Waals surface area contributed by atoms with Crippen LogP contribution in [-0.4, -0.2) is 9.55 Å². The number of hydrogen-bond donors (Lipinski definition) is 1. The number of rotatable bonds is 2. The summed E-state index contributed by atoms with van der Waals surface area (Å²) in [4.78, 5) is 25.2. The van der Waals surface area contributed by atoms with Crippen LogP contribution in [0.15, 0.2) is 33.9 Å². The number of nitrogens with zero attached hydrogens (tertiary/aromatic N) is 1. The Balaban J connectivity index is 2.47. The van der Waals surface area contributed by atoms with Crippen LogP contribution >= 0.6 is 11.6 Å². The van der Waals surface area contributed by atoms with E-state index < -0.39 is 22.2 Å². The predicted octanol–water partition coefficient (Wildman–Crippen LogP) is 1.69. The van der Waals surface area contributed by atoms with E-state index in [9.17, 15) is 14.0 Å². The van der Waals surface area contributed by atoms with Crippen LogP contribution in [0.3, 0.4) is 0 Å². The molecule has 1 aromatic heterocycles. The van der Waals surface area contributed by atoms with Crippen molar-refractivity contribution in [3.05, 3.63) is 67.2 Å². The van der Waals surface area contributed by atoms with Crippen LogP contribution in [0.2, 0.25) is 5.15 Å². The fourth-order valence-corrected chi connectivity index (χ4v) is 1.70. The summed E-state index contributed by atoms with van der Waals surface area (Å²) in [6, 6.07) is 7.24. The summed E-state index contributed by atoms with van der Waals surface area (Å²) in [7, 11) is 0. The molecule has 0 aliphatic heterocycles. The van der Waals surface area contributed by atoms with Gasteiger partial charge in [-0.25, -0.2) is 4.79 Å². The molecule has 0 saturated carbocycles. The van der Waals surface area contributed by atoms with Crippen LogP contribution in [-0.2, 0) is 6.54 Å². The van der Waals surface area contributed by atoms with Crippen molar-refractivity contribution in [2.24, 2.45) is 0 Å². The summed E-state index contributed by atoms with van der Waals surface area (Å²) in [6.07, 6.45) is 0. The average molecular weight is 269 g/mol. The summed E-state index contributed by atoms with van der Waals surface area (Å²) in [5, 5.41) is -0.565. The van der Waals surface area contributed by atoms with Gasteiger partial charge in [-0.15, -0.1) is 0 Å². The maximum atomic E-state index is 13.3. The minimum absolute atomic E-state index is 0.00252. The van der Waals surface area contributed by atoms with Crippen molar-refractivity contribution in [2.45, 2.75) is 13.5 Å². The van der Waals surface area contributed by atoms with Gasteiger partial charge in [0.25, 0.3) is 5.56 Å². The van der Waals surface area contributed by atoms with Crippen LogP contribution < -0.4 is 11.2 Å². The number of aromatic amines is 1. The van der Waals surface area contributed by atoms with Crippen LogP contribution in [0.1, 0.15) is 11.1 Å². The van der Waals surface area contributed by atoms with Gasteiger partial charge >= 0.3 is 5.69 Å². The first kappa shape index (κ1) is 12.6. The number of halogens is 2. The largest absolute Gasteiger partial charge is 0.329 e. The third-order valence-corrected chi connectivity index (χ3v) is 2.81. The van der Waals surface area contributed by atoms with E-state index >= 15 is 0 Å². The molecule has 6 heteroatoms. The molecule has 0 bridgehead atoms. The highest BCUT2D eigenvalue weighted by molar-refractivity contribution is 6.29. The first-order valence-electron chi connectivity index (χ1n) is 5.22. The normalized spacial score (nSPS) is 10.6. The lowest BCUT2D eigenvalue weighted by Gasteiger charge is -2.05. The van der Waals surface area contributed by atoms with Gasteiger partial charge in [0, 0.05) is 0 Å². The fourth-order valence-electron chi connectivity index (χ4n) is 1.54. The van der Waals surface area contributed by atoms with E-state index in [2.05, 4.69) is 4.98 Å². The quantitative estimate of drug-likeness (QED) is 0.843. The number of H-pyrrole nitrogens is 1. The van der Waals surface area contributed by atoms with Gasteiger partial charge in [-0.05, 0) is 12.5 Å². The lowest BCUT2D eigenvalue weighted by molar-refractivity contribution is 0.558. The Morgan fingerprint density at radius 2 is 1.89 bits per heavy atom. The molecule has 1 aromatic carbocycles. The lowest BCUT2D eigenvalue weighted by atomic mass is 10.1.